The number of halogens is 1. The fourth-order valence-corrected chi connectivity index (χ4v) is 5.28. The van der Waals surface area contributed by atoms with Gasteiger partial charge in [-0.15, -0.1) is 11.8 Å². The van der Waals surface area contributed by atoms with E-state index in [4.69, 9.17) is 16.3 Å². The molecule has 3 atom stereocenters. The number of aliphatic hydroxyl groups is 1. The number of ether oxygens (including phenoxy) is 1. The van der Waals surface area contributed by atoms with Crippen LogP contribution in [0.1, 0.15) is 13.8 Å². The Hall–Kier alpha value is -2.19. The van der Waals surface area contributed by atoms with Gasteiger partial charge >= 0.3 is 0 Å². The number of hydrogen-bond donors (Lipinski definition) is 2. The van der Waals surface area contributed by atoms with Gasteiger partial charge in [0.25, 0.3) is 0 Å². The van der Waals surface area contributed by atoms with Crippen molar-refractivity contribution in [1.82, 2.24) is 9.88 Å². The number of nitrogens with zero attached hydrogens (tertiary/aromatic N) is 2. The predicted octanol–water partition coefficient (Wildman–Crippen LogP) is 4.21. The molecule has 6 nitrogen and oxygen atoms in total. The zero-order chi connectivity index (χ0) is 23.4. The molecular formula is C25H30ClN3O3S. The molecule has 0 radical (unpaired) electrons. The third kappa shape index (κ3) is 6.23. The standard InChI is InChI=1S/C25H30ClN3O3S/c1-17-18(2)33-16-29(21-6-4-20(26)5-7-21)12-11-28(17)14-22(30)15-32-23-8-9-24-19(13-23)3-10-25(31)27-24/h3-10,13,17-18,22,30H,11-12,14-16H2,1-2H3,(H,27,31)/t17?,18-,22+/m1/s1. The molecule has 0 amide bonds. The summed E-state index contributed by atoms with van der Waals surface area (Å²) in [6.45, 7) is 6.96. The van der Waals surface area contributed by atoms with Crippen molar-refractivity contribution in [3.8, 4) is 5.75 Å². The number of aliphatic hydroxyl groups excluding tert-OH is 1. The van der Waals surface area contributed by atoms with Crippen LogP contribution in [-0.4, -0.2) is 64.5 Å². The summed E-state index contributed by atoms with van der Waals surface area (Å²) < 4.78 is 5.87. The number of nitrogens with one attached hydrogen (secondary N) is 1. The third-order valence-corrected chi connectivity index (χ3v) is 7.81. The van der Waals surface area contributed by atoms with E-state index in [2.05, 4.69) is 40.8 Å². The molecule has 33 heavy (non-hydrogen) atoms. The number of hydrogen-bond acceptors (Lipinski definition) is 6. The average molecular weight is 488 g/mol. The summed E-state index contributed by atoms with van der Waals surface area (Å²) in [6.07, 6.45) is -0.612. The van der Waals surface area contributed by atoms with Crippen molar-refractivity contribution in [3.05, 3.63) is 70.0 Å². The van der Waals surface area contributed by atoms with Gasteiger partial charge in [-0.25, -0.2) is 0 Å². The number of pyridine rings is 1. The summed E-state index contributed by atoms with van der Waals surface area (Å²) in [6, 6.07) is 17.1. The van der Waals surface area contributed by atoms with E-state index in [9.17, 15) is 9.90 Å². The second-order valence-electron chi connectivity index (χ2n) is 8.51. The second-order valence-corrected chi connectivity index (χ2v) is 10.3. The van der Waals surface area contributed by atoms with Crippen molar-refractivity contribution in [1.29, 1.82) is 0 Å². The van der Waals surface area contributed by atoms with E-state index in [1.54, 1.807) is 6.07 Å². The van der Waals surface area contributed by atoms with Crippen LogP contribution in [0, 0.1) is 0 Å². The largest absolute Gasteiger partial charge is 0.491 e. The Morgan fingerprint density at radius 3 is 2.73 bits per heavy atom. The molecule has 3 aromatic rings. The Morgan fingerprint density at radius 1 is 1.15 bits per heavy atom. The van der Waals surface area contributed by atoms with Crippen molar-refractivity contribution in [3.63, 3.8) is 0 Å². The quantitative estimate of drug-likeness (QED) is 0.543. The Balaban J connectivity index is 1.36. The minimum absolute atomic E-state index is 0.129. The van der Waals surface area contributed by atoms with E-state index >= 15 is 0 Å². The topological polar surface area (TPSA) is 68.8 Å². The number of fused-ring (bicyclic) bond motifs is 1. The summed E-state index contributed by atoms with van der Waals surface area (Å²) >= 11 is 7.98. The molecule has 8 heteroatoms. The van der Waals surface area contributed by atoms with E-state index in [0.29, 0.717) is 23.6 Å². The maximum absolute atomic E-state index is 11.4. The van der Waals surface area contributed by atoms with Crippen LogP contribution in [0.3, 0.4) is 0 Å². The zero-order valence-electron chi connectivity index (χ0n) is 18.9. The maximum atomic E-state index is 11.4. The van der Waals surface area contributed by atoms with E-state index in [0.717, 1.165) is 40.6 Å². The molecule has 1 aromatic heterocycles. The summed E-state index contributed by atoms with van der Waals surface area (Å²) in [4.78, 5) is 18.9. The highest BCUT2D eigenvalue weighted by Crippen LogP contribution is 2.27. The molecule has 0 spiro atoms. The van der Waals surface area contributed by atoms with Crippen LogP contribution in [0.5, 0.6) is 5.75 Å². The van der Waals surface area contributed by atoms with E-state index in [-0.39, 0.29) is 12.2 Å². The molecule has 0 aliphatic carbocycles. The van der Waals surface area contributed by atoms with Crippen LogP contribution >= 0.6 is 23.4 Å². The SMILES string of the molecule is CC1[C@@H](C)SCN(c2ccc(Cl)cc2)CCN1C[C@H](O)COc1ccc2[nH]c(=O)ccc2c1. The molecule has 0 saturated carbocycles. The van der Waals surface area contributed by atoms with Crippen LogP contribution in [0.15, 0.2) is 59.4 Å². The van der Waals surface area contributed by atoms with Crippen molar-refractivity contribution < 1.29 is 9.84 Å². The van der Waals surface area contributed by atoms with Crippen molar-refractivity contribution in [2.75, 3.05) is 37.0 Å². The number of anilines is 1. The zero-order valence-corrected chi connectivity index (χ0v) is 20.5. The second kappa shape index (κ2) is 10.8. The van der Waals surface area contributed by atoms with Gasteiger partial charge in [0.2, 0.25) is 5.56 Å². The molecule has 2 aromatic carbocycles. The first-order valence-corrected chi connectivity index (χ1v) is 12.6. The summed E-state index contributed by atoms with van der Waals surface area (Å²) in [5.74, 6) is 1.60. The number of rotatable bonds is 6. The number of aromatic nitrogens is 1. The number of β-amino-alcohol motifs (C(OH)–C–C–N with tert-alkyl or cyclic N) is 1. The molecule has 176 valence electrons. The lowest BCUT2D eigenvalue weighted by molar-refractivity contribution is 0.0558. The molecular weight excluding hydrogens is 458 g/mol. The Morgan fingerprint density at radius 2 is 1.94 bits per heavy atom. The molecule has 1 fully saturated rings. The fourth-order valence-electron chi connectivity index (χ4n) is 4.01. The molecule has 1 saturated heterocycles. The first-order valence-electron chi connectivity index (χ1n) is 11.2. The number of aromatic amines is 1. The van der Waals surface area contributed by atoms with Gasteiger partial charge in [-0.3, -0.25) is 9.69 Å². The molecule has 4 rings (SSSR count). The van der Waals surface area contributed by atoms with Crippen LogP contribution in [-0.2, 0) is 0 Å². The molecule has 1 aliphatic rings. The highest BCUT2D eigenvalue weighted by molar-refractivity contribution is 8.00. The normalized spacial score (nSPS) is 20.9. The summed E-state index contributed by atoms with van der Waals surface area (Å²) in [7, 11) is 0. The first-order chi connectivity index (χ1) is 15.9. The highest BCUT2D eigenvalue weighted by Gasteiger charge is 2.26. The van der Waals surface area contributed by atoms with Crippen molar-refractivity contribution >= 4 is 40.0 Å². The minimum Gasteiger partial charge on any atom is -0.491 e. The molecule has 2 N–H and O–H groups in total. The van der Waals surface area contributed by atoms with E-state index in [1.807, 2.05) is 42.1 Å². The molecule has 1 unspecified atom stereocenters. The number of thioether (sulfide) groups is 1. The summed E-state index contributed by atoms with van der Waals surface area (Å²) in [5, 5.41) is 12.8. The van der Waals surface area contributed by atoms with Gasteiger partial charge < -0.3 is 19.7 Å². The van der Waals surface area contributed by atoms with Gasteiger partial charge in [0.05, 0.1) is 5.88 Å². The van der Waals surface area contributed by atoms with Gasteiger partial charge in [-0.05, 0) is 55.5 Å². The lowest BCUT2D eigenvalue weighted by atomic mass is 10.2. The van der Waals surface area contributed by atoms with Crippen molar-refractivity contribution in [2.45, 2.75) is 31.2 Å². The smallest absolute Gasteiger partial charge is 0.248 e. The van der Waals surface area contributed by atoms with Gasteiger partial charge in [0.1, 0.15) is 18.5 Å². The van der Waals surface area contributed by atoms with E-state index < -0.39 is 6.10 Å². The fraction of sp³-hybridized carbons (Fsp3) is 0.400. The first kappa shape index (κ1) is 24.0. The van der Waals surface area contributed by atoms with E-state index in [1.165, 1.54) is 6.07 Å². The monoisotopic (exact) mass is 487 g/mol. The van der Waals surface area contributed by atoms with Crippen LogP contribution in [0.2, 0.25) is 5.02 Å². The number of benzene rings is 2. The van der Waals surface area contributed by atoms with Crippen LogP contribution in [0.25, 0.3) is 10.9 Å². The average Bonchev–Trinajstić information content (AvgIpc) is 2.81. The van der Waals surface area contributed by atoms with Gasteiger partial charge in [0, 0.05) is 58.6 Å². The third-order valence-electron chi connectivity index (χ3n) is 6.18. The van der Waals surface area contributed by atoms with Crippen LogP contribution < -0.4 is 15.2 Å². The molecule has 0 bridgehead atoms. The molecule has 2 heterocycles. The Kier molecular flexibility index (Phi) is 7.86. The van der Waals surface area contributed by atoms with Crippen LogP contribution in [0.4, 0.5) is 5.69 Å². The molecule has 1 aliphatic heterocycles. The predicted molar refractivity (Wildman–Crippen MR) is 138 cm³/mol. The van der Waals surface area contributed by atoms with Crippen molar-refractivity contribution in [2.24, 2.45) is 0 Å². The lowest BCUT2D eigenvalue weighted by Gasteiger charge is -2.39. The number of H-pyrrole nitrogens is 1. The Labute approximate surface area is 203 Å². The maximum Gasteiger partial charge on any atom is 0.248 e. The summed E-state index contributed by atoms with van der Waals surface area (Å²) in [5.41, 5.74) is 1.80. The van der Waals surface area contributed by atoms with Gasteiger partial charge in [-0.2, -0.15) is 0 Å². The minimum atomic E-state index is -0.612. The Bertz CT molecular complexity index is 1120. The van der Waals surface area contributed by atoms with Gasteiger partial charge in [-0.1, -0.05) is 18.5 Å². The lowest BCUT2D eigenvalue weighted by Crippen LogP contribution is -2.50. The van der Waals surface area contributed by atoms with Gasteiger partial charge in [0.15, 0.2) is 0 Å². The highest BCUT2D eigenvalue weighted by atomic mass is 35.5.